The SMILES string of the molecule is O=[N+]([O-])c1ccc(CNc2ccc(C(F)(F)F)cc2Cl)s1. The number of nitrogens with one attached hydrogen (secondary N) is 1. The van der Waals surface area contributed by atoms with E-state index in [9.17, 15) is 23.3 Å². The molecule has 0 fully saturated rings. The quantitative estimate of drug-likeness (QED) is 0.635. The Kier molecular flexibility index (Phi) is 4.38. The van der Waals surface area contributed by atoms with E-state index in [1.807, 2.05) is 0 Å². The van der Waals surface area contributed by atoms with E-state index in [0.717, 1.165) is 23.5 Å². The summed E-state index contributed by atoms with van der Waals surface area (Å²) in [5.41, 5.74) is -0.495. The number of thiophene rings is 1. The number of benzene rings is 1. The Morgan fingerprint density at radius 3 is 2.52 bits per heavy atom. The van der Waals surface area contributed by atoms with E-state index in [4.69, 9.17) is 11.6 Å². The highest BCUT2D eigenvalue weighted by Crippen LogP contribution is 2.34. The molecule has 0 spiro atoms. The van der Waals surface area contributed by atoms with Gasteiger partial charge < -0.3 is 5.32 Å². The summed E-state index contributed by atoms with van der Waals surface area (Å²) in [6, 6.07) is 5.93. The Hall–Kier alpha value is -1.80. The predicted octanol–water partition coefficient (Wildman–Crippen LogP) is 4.94. The minimum Gasteiger partial charge on any atom is -0.379 e. The van der Waals surface area contributed by atoms with Crippen molar-refractivity contribution in [2.45, 2.75) is 12.7 Å². The highest BCUT2D eigenvalue weighted by atomic mass is 35.5. The maximum absolute atomic E-state index is 12.5. The Labute approximate surface area is 126 Å². The molecule has 0 bridgehead atoms. The van der Waals surface area contributed by atoms with Crippen LogP contribution in [0, 0.1) is 10.1 Å². The van der Waals surface area contributed by atoms with Crippen LogP contribution in [-0.2, 0) is 12.7 Å². The summed E-state index contributed by atoms with van der Waals surface area (Å²) in [5, 5.41) is 13.3. The van der Waals surface area contributed by atoms with Crippen LogP contribution >= 0.6 is 22.9 Å². The Bertz CT molecular complexity index is 673. The lowest BCUT2D eigenvalue weighted by Gasteiger charge is -2.11. The number of anilines is 1. The van der Waals surface area contributed by atoms with Gasteiger partial charge in [-0.3, -0.25) is 10.1 Å². The summed E-state index contributed by atoms with van der Waals surface area (Å²) < 4.78 is 37.5. The lowest BCUT2D eigenvalue weighted by atomic mass is 10.2. The minimum absolute atomic E-state index is 0.00492. The number of rotatable bonds is 4. The number of nitro groups is 1. The molecule has 0 radical (unpaired) electrons. The predicted molar refractivity (Wildman–Crippen MR) is 74.8 cm³/mol. The smallest absolute Gasteiger partial charge is 0.379 e. The van der Waals surface area contributed by atoms with E-state index in [0.29, 0.717) is 10.6 Å². The fourth-order valence-electron chi connectivity index (χ4n) is 1.58. The summed E-state index contributed by atoms with van der Waals surface area (Å²) in [5.74, 6) is 0. The van der Waals surface area contributed by atoms with Gasteiger partial charge in [0.2, 0.25) is 0 Å². The first-order valence-corrected chi connectivity index (χ1v) is 6.80. The maximum Gasteiger partial charge on any atom is 0.416 e. The van der Waals surface area contributed by atoms with Gasteiger partial charge in [-0.2, -0.15) is 13.2 Å². The zero-order chi connectivity index (χ0) is 15.6. The highest BCUT2D eigenvalue weighted by Gasteiger charge is 2.30. The van der Waals surface area contributed by atoms with Crippen molar-refractivity contribution in [2.24, 2.45) is 0 Å². The van der Waals surface area contributed by atoms with Crippen LogP contribution < -0.4 is 5.32 Å². The van der Waals surface area contributed by atoms with Crippen molar-refractivity contribution in [1.29, 1.82) is 0 Å². The third kappa shape index (κ3) is 3.85. The lowest BCUT2D eigenvalue weighted by Crippen LogP contribution is -2.05. The molecule has 0 atom stereocenters. The molecule has 0 aliphatic carbocycles. The molecule has 0 aliphatic heterocycles. The second-order valence-electron chi connectivity index (χ2n) is 4.04. The number of halogens is 4. The third-order valence-electron chi connectivity index (χ3n) is 2.58. The normalized spacial score (nSPS) is 11.4. The fourth-order valence-corrected chi connectivity index (χ4v) is 2.58. The summed E-state index contributed by atoms with van der Waals surface area (Å²) in [7, 11) is 0. The van der Waals surface area contributed by atoms with Crippen LogP contribution in [0.2, 0.25) is 5.02 Å². The molecule has 1 aromatic heterocycles. The first kappa shape index (κ1) is 15.6. The van der Waals surface area contributed by atoms with Crippen LogP contribution in [0.5, 0.6) is 0 Å². The molecule has 0 saturated carbocycles. The van der Waals surface area contributed by atoms with E-state index in [1.165, 1.54) is 12.1 Å². The molecule has 9 heteroatoms. The monoisotopic (exact) mass is 336 g/mol. The molecule has 4 nitrogen and oxygen atoms in total. The van der Waals surface area contributed by atoms with E-state index >= 15 is 0 Å². The summed E-state index contributed by atoms with van der Waals surface area (Å²) in [6.45, 7) is 0.240. The van der Waals surface area contributed by atoms with Gasteiger partial charge in [0.1, 0.15) is 0 Å². The second-order valence-corrected chi connectivity index (χ2v) is 5.60. The first-order valence-electron chi connectivity index (χ1n) is 5.61. The number of alkyl halides is 3. The van der Waals surface area contributed by atoms with Gasteiger partial charge in [0, 0.05) is 17.5 Å². The highest BCUT2D eigenvalue weighted by molar-refractivity contribution is 7.15. The summed E-state index contributed by atoms with van der Waals surface area (Å²) in [4.78, 5) is 10.7. The zero-order valence-electron chi connectivity index (χ0n) is 10.3. The van der Waals surface area contributed by atoms with Gasteiger partial charge in [-0.15, -0.1) is 0 Å². The van der Waals surface area contributed by atoms with E-state index in [2.05, 4.69) is 5.32 Å². The summed E-state index contributed by atoms with van der Waals surface area (Å²) in [6.07, 6.45) is -4.45. The van der Waals surface area contributed by atoms with Crippen LogP contribution in [0.3, 0.4) is 0 Å². The van der Waals surface area contributed by atoms with Gasteiger partial charge in [0.05, 0.1) is 21.2 Å². The largest absolute Gasteiger partial charge is 0.416 e. The zero-order valence-corrected chi connectivity index (χ0v) is 11.9. The van der Waals surface area contributed by atoms with Gasteiger partial charge in [-0.1, -0.05) is 22.9 Å². The molecule has 0 saturated heterocycles. The molecule has 0 amide bonds. The number of hydrogen-bond acceptors (Lipinski definition) is 4. The molecule has 2 aromatic rings. The van der Waals surface area contributed by atoms with Gasteiger partial charge in [0.15, 0.2) is 0 Å². The third-order valence-corrected chi connectivity index (χ3v) is 3.93. The number of hydrogen-bond donors (Lipinski definition) is 1. The van der Waals surface area contributed by atoms with Crippen LogP contribution in [0.4, 0.5) is 23.9 Å². The molecule has 112 valence electrons. The van der Waals surface area contributed by atoms with Crippen LogP contribution in [0.15, 0.2) is 30.3 Å². The van der Waals surface area contributed by atoms with E-state index in [1.54, 1.807) is 6.07 Å². The van der Waals surface area contributed by atoms with Gasteiger partial charge in [0.25, 0.3) is 0 Å². The van der Waals surface area contributed by atoms with Crippen molar-refractivity contribution < 1.29 is 18.1 Å². The van der Waals surface area contributed by atoms with Crippen LogP contribution in [0.1, 0.15) is 10.4 Å². The van der Waals surface area contributed by atoms with E-state index in [-0.39, 0.29) is 16.6 Å². The summed E-state index contributed by atoms with van der Waals surface area (Å²) >= 11 is 6.78. The van der Waals surface area contributed by atoms with Crippen LogP contribution in [0.25, 0.3) is 0 Å². The fraction of sp³-hybridized carbons (Fsp3) is 0.167. The molecule has 1 heterocycles. The second kappa shape index (κ2) is 5.90. The topological polar surface area (TPSA) is 55.2 Å². The van der Waals surface area contributed by atoms with Crippen molar-refractivity contribution in [3.8, 4) is 0 Å². The average molecular weight is 337 g/mol. The van der Waals surface area contributed by atoms with Crippen molar-refractivity contribution in [1.82, 2.24) is 0 Å². The van der Waals surface area contributed by atoms with Crippen molar-refractivity contribution in [2.75, 3.05) is 5.32 Å². The molecule has 21 heavy (non-hydrogen) atoms. The standard InChI is InChI=1S/C12H8ClF3N2O2S/c13-9-5-7(12(14,15)16)1-3-10(9)17-6-8-2-4-11(21-8)18(19)20/h1-5,17H,6H2. The van der Waals surface area contributed by atoms with Crippen LogP contribution in [-0.4, -0.2) is 4.92 Å². The first-order chi connectivity index (χ1) is 9.77. The average Bonchev–Trinajstić information content (AvgIpc) is 2.85. The van der Waals surface area contributed by atoms with Crippen molar-refractivity contribution >= 4 is 33.6 Å². The number of nitrogens with zero attached hydrogens (tertiary/aromatic N) is 1. The Balaban J connectivity index is 2.08. The van der Waals surface area contributed by atoms with E-state index < -0.39 is 16.7 Å². The Morgan fingerprint density at radius 1 is 1.29 bits per heavy atom. The van der Waals surface area contributed by atoms with Crippen molar-refractivity contribution in [3.05, 3.63) is 55.9 Å². The maximum atomic E-state index is 12.5. The molecule has 2 rings (SSSR count). The van der Waals surface area contributed by atoms with Gasteiger partial charge in [-0.05, 0) is 24.3 Å². The van der Waals surface area contributed by atoms with Gasteiger partial charge >= 0.3 is 11.2 Å². The molecule has 0 aliphatic rings. The lowest BCUT2D eigenvalue weighted by molar-refractivity contribution is -0.380. The Morgan fingerprint density at radius 2 is 2.00 bits per heavy atom. The minimum atomic E-state index is -4.45. The molecular formula is C12H8ClF3N2O2S. The molecule has 1 N–H and O–H groups in total. The molecular weight excluding hydrogens is 329 g/mol. The molecule has 0 unspecified atom stereocenters. The van der Waals surface area contributed by atoms with Gasteiger partial charge in [-0.25, -0.2) is 0 Å². The van der Waals surface area contributed by atoms with Crippen molar-refractivity contribution in [3.63, 3.8) is 0 Å². The molecule has 1 aromatic carbocycles.